The highest BCUT2D eigenvalue weighted by molar-refractivity contribution is 7.84. The van der Waals surface area contributed by atoms with Gasteiger partial charge in [0.25, 0.3) is 0 Å². The van der Waals surface area contributed by atoms with Crippen molar-refractivity contribution in [3.8, 4) is 0 Å². The zero-order chi connectivity index (χ0) is 11.4. The molecule has 1 saturated heterocycles. The molecule has 1 aliphatic rings. The predicted octanol–water partition coefficient (Wildman–Crippen LogP) is 1.66. The highest BCUT2D eigenvalue weighted by Gasteiger charge is 2.17. The Bertz CT molecular complexity index is 386. The molecule has 0 aromatic carbocycles. The third-order valence-electron chi connectivity index (χ3n) is 2.68. The molecule has 7 heteroatoms. The minimum atomic E-state index is -1.05. The minimum Gasteiger partial charge on any atom is -0.317 e. The van der Waals surface area contributed by atoms with Gasteiger partial charge in [-0.25, -0.2) is 9.97 Å². The monoisotopic (exact) mass is 295 g/mol. The highest BCUT2D eigenvalue weighted by Crippen LogP contribution is 2.16. The van der Waals surface area contributed by atoms with Crippen LogP contribution in [-0.4, -0.2) is 33.0 Å². The summed E-state index contributed by atoms with van der Waals surface area (Å²) in [7, 11) is -1.05. The fraction of sp³-hybridized carbons (Fsp3) is 0.600. The van der Waals surface area contributed by atoms with Gasteiger partial charge in [-0.05, 0) is 49.5 Å². The third kappa shape index (κ3) is 4.50. The first-order valence-electron chi connectivity index (χ1n) is 5.33. The van der Waals surface area contributed by atoms with E-state index in [2.05, 4.69) is 15.3 Å². The van der Waals surface area contributed by atoms with Gasteiger partial charge >= 0.3 is 0 Å². The SMILES string of the molecule is Cl.O=S(CC1CCNCC1)c1ccnc(Cl)n1. The molecule has 4 nitrogen and oxygen atoms in total. The van der Waals surface area contributed by atoms with E-state index < -0.39 is 10.8 Å². The lowest BCUT2D eigenvalue weighted by molar-refractivity contribution is 0.405. The molecule has 96 valence electrons. The number of piperidine rings is 1. The predicted molar refractivity (Wildman–Crippen MR) is 71.2 cm³/mol. The van der Waals surface area contributed by atoms with Crippen LogP contribution in [-0.2, 0) is 10.8 Å². The number of hydrogen-bond acceptors (Lipinski definition) is 4. The molecule has 0 saturated carbocycles. The Balaban J connectivity index is 0.00000144. The van der Waals surface area contributed by atoms with E-state index in [1.165, 1.54) is 0 Å². The Labute approximate surface area is 114 Å². The maximum Gasteiger partial charge on any atom is 0.223 e. The van der Waals surface area contributed by atoms with Crippen LogP contribution in [0.1, 0.15) is 12.8 Å². The minimum absolute atomic E-state index is 0. The molecule has 2 heterocycles. The summed E-state index contributed by atoms with van der Waals surface area (Å²) in [4.78, 5) is 7.76. The van der Waals surface area contributed by atoms with Crippen molar-refractivity contribution < 1.29 is 4.21 Å². The fourth-order valence-electron chi connectivity index (χ4n) is 1.79. The maximum absolute atomic E-state index is 12.0. The summed E-state index contributed by atoms with van der Waals surface area (Å²) in [5, 5.41) is 3.99. The summed E-state index contributed by atoms with van der Waals surface area (Å²) >= 11 is 5.67. The van der Waals surface area contributed by atoms with Crippen LogP contribution in [0.4, 0.5) is 0 Å². The summed E-state index contributed by atoms with van der Waals surface area (Å²) in [6.45, 7) is 2.04. The number of aromatic nitrogens is 2. The Kier molecular flexibility index (Phi) is 6.33. The van der Waals surface area contributed by atoms with Crippen LogP contribution in [0.3, 0.4) is 0 Å². The first kappa shape index (κ1) is 14.8. The Morgan fingerprint density at radius 2 is 2.18 bits per heavy atom. The van der Waals surface area contributed by atoms with Gasteiger partial charge < -0.3 is 5.32 Å². The molecule has 0 amide bonds. The van der Waals surface area contributed by atoms with E-state index in [1.54, 1.807) is 12.3 Å². The molecular weight excluding hydrogens is 281 g/mol. The van der Waals surface area contributed by atoms with Gasteiger partial charge in [-0.1, -0.05) is 0 Å². The summed E-state index contributed by atoms with van der Waals surface area (Å²) in [5.41, 5.74) is 0. The van der Waals surface area contributed by atoms with E-state index in [1.807, 2.05) is 0 Å². The van der Waals surface area contributed by atoms with Gasteiger partial charge in [-0.3, -0.25) is 4.21 Å². The molecule has 1 fully saturated rings. The highest BCUT2D eigenvalue weighted by atomic mass is 35.5. The molecule has 2 rings (SSSR count). The third-order valence-corrected chi connectivity index (χ3v) is 4.33. The van der Waals surface area contributed by atoms with Crippen molar-refractivity contribution in [1.29, 1.82) is 0 Å². The first-order valence-corrected chi connectivity index (χ1v) is 7.03. The molecule has 0 radical (unpaired) electrons. The second kappa shape index (κ2) is 7.26. The second-order valence-electron chi connectivity index (χ2n) is 3.87. The molecule has 1 atom stereocenters. The molecule has 17 heavy (non-hydrogen) atoms. The number of halogens is 2. The van der Waals surface area contributed by atoms with E-state index in [-0.39, 0.29) is 17.7 Å². The summed E-state index contributed by atoms with van der Waals surface area (Å²) in [5.74, 6) is 1.20. The normalized spacial score (nSPS) is 18.4. The van der Waals surface area contributed by atoms with Crippen molar-refractivity contribution in [3.05, 3.63) is 17.5 Å². The van der Waals surface area contributed by atoms with Crippen LogP contribution in [0, 0.1) is 5.92 Å². The average molecular weight is 296 g/mol. The quantitative estimate of drug-likeness (QED) is 0.681. The van der Waals surface area contributed by atoms with Gasteiger partial charge in [-0.15, -0.1) is 12.4 Å². The van der Waals surface area contributed by atoms with E-state index in [0.29, 0.717) is 16.7 Å². The maximum atomic E-state index is 12.0. The summed E-state index contributed by atoms with van der Waals surface area (Å²) in [6, 6.07) is 1.67. The largest absolute Gasteiger partial charge is 0.317 e. The molecule has 1 aromatic rings. The number of rotatable bonds is 3. The van der Waals surface area contributed by atoms with Crippen LogP contribution in [0.15, 0.2) is 17.3 Å². The van der Waals surface area contributed by atoms with Crippen LogP contribution >= 0.6 is 24.0 Å². The Morgan fingerprint density at radius 1 is 1.47 bits per heavy atom. The van der Waals surface area contributed by atoms with Crippen LogP contribution in [0.2, 0.25) is 5.28 Å². The van der Waals surface area contributed by atoms with Crippen molar-refractivity contribution in [1.82, 2.24) is 15.3 Å². The van der Waals surface area contributed by atoms with Crippen molar-refractivity contribution in [2.24, 2.45) is 5.92 Å². The zero-order valence-corrected chi connectivity index (χ0v) is 11.7. The van der Waals surface area contributed by atoms with Gasteiger partial charge in [0.05, 0.1) is 10.8 Å². The smallest absolute Gasteiger partial charge is 0.223 e. The molecule has 0 bridgehead atoms. The Morgan fingerprint density at radius 3 is 2.82 bits per heavy atom. The molecule has 1 aliphatic heterocycles. The number of hydrogen-bond donors (Lipinski definition) is 1. The lowest BCUT2D eigenvalue weighted by Gasteiger charge is -2.21. The number of nitrogens with zero attached hydrogens (tertiary/aromatic N) is 2. The van der Waals surface area contributed by atoms with Gasteiger partial charge in [-0.2, -0.15) is 0 Å². The molecule has 1 aromatic heterocycles. The first-order chi connectivity index (χ1) is 7.75. The van der Waals surface area contributed by atoms with Gasteiger partial charge in [0, 0.05) is 11.9 Å². The lowest BCUT2D eigenvalue weighted by Crippen LogP contribution is -2.30. The summed E-state index contributed by atoms with van der Waals surface area (Å²) in [6.07, 6.45) is 3.72. The van der Waals surface area contributed by atoms with Crippen LogP contribution < -0.4 is 5.32 Å². The molecular formula is C10H15Cl2N3OS. The zero-order valence-electron chi connectivity index (χ0n) is 9.26. The van der Waals surface area contributed by atoms with Crippen molar-refractivity contribution in [2.75, 3.05) is 18.8 Å². The fourth-order valence-corrected chi connectivity index (χ4v) is 3.32. The van der Waals surface area contributed by atoms with Crippen LogP contribution in [0.25, 0.3) is 0 Å². The standard InChI is InChI=1S/C10H14ClN3OS.ClH/c11-10-13-6-3-9(14-10)16(15)7-8-1-4-12-5-2-8;/h3,6,8,12H,1-2,4-5,7H2;1H. The Hall–Kier alpha value is -0.230. The molecule has 1 unspecified atom stereocenters. The van der Waals surface area contributed by atoms with E-state index in [4.69, 9.17) is 11.6 Å². The topological polar surface area (TPSA) is 54.9 Å². The second-order valence-corrected chi connectivity index (χ2v) is 5.65. The lowest BCUT2D eigenvalue weighted by atomic mass is 10.0. The van der Waals surface area contributed by atoms with Crippen molar-refractivity contribution in [2.45, 2.75) is 17.9 Å². The molecule has 1 N–H and O–H groups in total. The van der Waals surface area contributed by atoms with E-state index in [9.17, 15) is 4.21 Å². The number of nitrogens with one attached hydrogen (secondary N) is 1. The van der Waals surface area contributed by atoms with Gasteiger partial charge in [0.1, 0.15) is 5.03 Å². The van der Waals surface area contributed by atoms with E-state index >= 15 is 0 Å². The average Bonchev–Trinajstić information content (AvgIpc) is 2.30. The van der Waals surface area contributed by atoms with Crippen molar-refractivity contribution >= 4 is 34.8 Å². The van der Waals surface area contributed by atoms with Gasteiger partial charge in [0.2, 0.25) is 5.28 Å². The van der Waals surface area contributed by atoms with E-state index in [0.717, 1.165) is 25.9 Å². The molecule has 0 spiro atoms. The van der Waals surface area contributed by atoms with Crippen molar-refractivity contribution in [3.63, 3.8) is 0 Å². The van der Waals surface area contributed by atoms with Gasteiger partial charge in [0.15, 0.2) is 0 Å². The summed E-state index contributed by atoms with van der Waals surface area (Å²) < 4.78 is 12.0. The van der Waals surface area contributed by atoms with Crippen LogP contribution in [0.5, 0.6) is 0 Å². The molecule has 0 aliphatic carbocycles.